The SMILES string of the molecule is CCC(=O)NCc1ccc(-n2ccnc2C)cc1. The van der Waals surface area contributed by atoms with Crippen molar-refractivity contribution < 1.29 is 4.79 Å². The summed E-state index contributed by atoms with van der Waals surface area (Å²) >= 11 is 0. The number of carbonyl (C=O) groups excluding carboxylic acids is 1. The van der Waals surface area contributed by atoms with E-state index in [1.807, 2.05) is 48.9 Å². The van der Waals surface area contributed by atoms with E-state index in [2.05, 4.69) is 10.3 Å². The summed E-state index contributed by atoms with van der Waals surface area (Å²) in [5, 5.41) is 2.86. The van der Waals surface area contributed by atoms with Gasteiger partial charge >= 0.3 is 0 Å². The molecule has 0 aliphatic carbocycles. The number of amides is 1. The second-order valence-corrected chi connectivity index (χ2v) is 4.14. The summed E-state index contributed by atoms with van der Waals surface area (Å²) in [5.74, 6) is 1.03. The van der Waals surface area contributed by atoms with Crippen molar-refractivity contribution in [3.63, 3.8) is 0 Å². The number of nitrogens with one attached hydrogen (secondary N) is 1. The number of aromatic nitrogens is 2. The minimum Gasteiger partial charge on any atom is -0.352 e. The number of carbonyl (C=O) groups is 1. The smallest absolute Gasteiger partial charge is 0.219 e. The Morgan fingerprint density at radius 3 is 2.61 bits per heavy atom. The van der Waals surface area contributed by atoms with Crippen molar-refractivity contribution >= 4 is 5.91 Å². The van der Waals surface area contributed by atoms with Crippen LogP contribution in [-0.2, 0) is 11.3 Å². The van der Waals surface area contributed by atoms with Crippen LogP contribution in [-0.4, -0.2) is 15.5 Å². The maximum Gasteiger partial charge on any atom is 0.219 e. The summed E-state index contributed by atoms with van der Waals surface area (Å²) in [7, 11) is 0. The Morgan fingerprint density at radius 1 is 1.33 bits per heavy atom. The Bertz CT molecular complexity index is 528. The van der Waals surface area contributed by atoms with E-state index in [4.69, 9.17) is 0 Å². The van der Waals surface area contributed by atoms with Crippen LogP contribution in [0, 0.1) is 6.92 Å². The van der Waals surface area contributed by atoms with Crippen molar-refractivity contribution in [2.45, 2.75) is 26.8 Å². The van der Waals surface area contributed by atoms with Gasteiger partial charge in [0.15, 0.2) is 0 Å². The van der Waals surface area contributed by atoms with Gasteiger partial charge in [0.1, 0.15) is 5.82 Å². The van der Waals surface area contributed by atoms with Crippen molar-refractivity contribution in [2.75, 3.05) is 0 Å². The van der Waals surface area contributed by atoms with Gasteiger partial charge in [-0.1, -0.05) is 19.1 Å². The lowest BCUT2D eigenvalue weighted by Gasteiger charge is -2.07. The monoisotopic (exact) mass is 243 g/mol. The molecular formula is C14H17N3O. The molecule has 0 fully saturated rings. The molecule has 0 spiro atoms. The Balaban J connectivity index is 2.06. The summed E-state index contributed by atoms with van der Waals surface area (Å²) in [6, 6.07) is 8.10. The molecule has 94 valence electrons. The van der Waals surface area contributed by atoms with Gasteiger partial charge in [0, 0.05) is 31.0 Å². The molecule has 4 nitrogen and oxygen atoms in total. The minimum atomic E-state index is 0.0736. The van der Waals surface area contributed by atoms with E-state index >= 15 is 0 Å². The fourth-order valence-electron chi connectivity index (χ4n) is 1.75. The van der Waals surface area contributed by atoms with E-state index in [1.165, 1.54) is 0 Å². The van der Waals surface area contributed by atoms with Crippen LogP contribution in [0.15, 0.2) is 36.7 Å². The summed E-state index contributed by atoms with van der Waals surface area (Å²) in [4.78, 5) is 15.4. The summed E-state index contributed by atoms with van der Waals surface area (Å²) in [5.41, 5.74) is 2.17. The number of hydrogen-bond acceptors (Lipinski definition) is 2. The average Bonchev–Trinajstić information content (AvgIpc) is 2.83. The average molecular weight is 243 g/mol. The van der Waals surface area contributed by atoms with Gasteiger partial charge in [-0.05, 0) is 24.6 Å². The third-order valence-electron chi connectivity index (χ3n) is 2.85. The first-order valence-electron chi connectivity index (χ1n) is 6.06. The van der Waals surface area contributed by atoms with E-state index in [0.717, 1.165) is 17.1 Å². The van der Waals surface area contributed by atoms with Crippen molar-refractivity contribution in [1.29, 1.82) is 0 Å². The molecule has 0 atom stereocenters. The number of hydrogen-bond donors (Lipinski definition) is 1. The highest BCUT2D eigenvalue weighted by Gasteiger charge is 2.01. The number of nitrogens with zero attached hydrogens (tertiary/aromatic N) is 2. The third kappa shape index (κ3) is 2.77. The highest BCUT2D eigenvalue weighted by molar-refractivity contribution is 5.75. The zero-order chi connectivity index (χ0) is 13.0. The Morgan fingerprint density at radius 2 is 2.06 bits per heavy atom. The Hall–Kier alpha value is -2.10. The van der Waals surface area contributed by atoms with Crippen molar-refractivity contribution in [1.82, 2.24) is 14.9 Å². The molecule has 2 rings (SSSR count). The predicted octanol–water partition coefficient (Wildman–Crippen LogP) is 2.21. The molecule has 0 unspecified atom stereocenters. The highest BCUT2D eigenvalue weighted by atomic mass is 16.1. The van der Waals surface area contributed by atoms with Gasteiger partial charge in [-0.25, -0.2) is 4.98 Å². The van der Waals surface area contributed by atoms with Crippen LogP contribution in [0.5, 0.6) is 0 Å². The molecule has 0 saturated heterocycles. The second kappa shape index (κ2) is 5.49. The fraction of sp³-hybridized carbons (Fsp3) is 0.286. The second-order valence-electron chi connectivity index (χ2n) is 4.14. The molecule has 0 saturated carbocycles. The van der Waals surface area contributed by atoms with Gasteiger partial charge in [-0.2, -0.15) is 0 Å². The van der Waals surface area contributed by atoms with Crippen LogP contribution < -0.4 is 5.32 Å². The zero-order valence-corrected chi connectivity index (χ0v) is 10.7. The molecule has 1 aromatic carbocycles. The van der Waals surface area contributed by atoms with Crippen LogP contribution >= 0.6 is 0 Å². The normalized spacial score (nSPS) is 10.3. The van der Waals surface area contributed by atoms with Gasteiger partial charge in [0.05, 0.1) is 0 Å². The van der Waals surface area contributed by atoms with Gasteiger partial charge in [-0.3, -0.25) is 4.79 Å². The van der Waals surface area contributed by atoms with Crippen LogP contribution in [0.3, 0.4) is 0 Å². The van der Waals surface area contributed by atoms with E-state index in [9.17, 15) is 4.79 Å². The minimum absolute atomic E-state index is 0.0736. The number of aryl methyl sites for hydroxylation is 1. The molecule has 1 amide bonds. The molecule has 0 aliphatic rings. The topological polar surface area (TPSA) is 46.9 Å². The molecule has 1 aromatic heterocycles. The first-order chi connectivity index (χ1) is 8.70. The van der Waals surface area contributed by atoms with Gasteiger partial charge in [-0.15, -0.1) is 0 Å². The standard InChI is InChI=1S/C14H17N3O/c1-3-14(18)16-10-12-4-6-13(7-5-12)17-9-8-15-11(17)2/h4-9H,3,10H2,1-2H3,(H,16,18). The first kappa shape index (κ1) is 12.4. The molecule has 0 bridgehead atoms. The highest BCUT2D eigenvalue weighted by Crippen LogP contribution is 2.11. The molecule has 0 aliphatic heterocycles. The van der Waals surface area contributed by atoms with E-state index in [1.54, 1.807) is 6.20 Å². The lowest BCUT2D eigenvalue weighted by molar-refractivity contribution is -0.120. The molecule has 1 heterocycles. The fourth-order valence-corrected chi connectivity index (χ4v) is 1.75. The zero-order valence-electron chi connectivity index (χ0n) is 10.7. The number of benzene rings is 1. The molecule has 1 N–H and O–H groups in total. The summed E-state index contributed by atoms with van der Waals surface area (Å²) in [6.07, 6.45) is 4.24. The van der Waals surface area contributed by atoms with Crippen LogP contribution in [0.4, 0.5) is 0 Å². The van der Waals surface area contributed by atoms with Crippen LogP contribution in [0.25, 0.3) is 5.69 Å². The summed E-state index contributed by atoms with van der Waals surface area (Å²) in [6.45, 7) is 4.39. The lowest BCUT2D eigenvalue weighted by atomic mass is 10.2. The number of rotatable bonds is 4. The van der Waals surface area contributed by atoms with Gasteiger partial charge < -0.3 is 9.88 Å². The summed E-state index contributed by atoms with van der Waals surface area (Å²) < 4.78 is 2.02. The maximum atomic E-state index is 11.2. The van der Waals surface area contributed by atoms with Crippen molar-refractivity contribution in [3.8, 4) is 5.69 Å². The third-order valence-corrected chi connectivity index (χ3v) is 2.85. The van der Waals surface area contributed by atoms with Crippen molar-refractivity contribution in [2.24, 2.45) is 0 Å². The van der Waals surface area contributed by atoms with E-state index in [0.29, 0.717) is 13.0 Å². The Labute approximate surface area is 107 Å². The molecule has 0 radical (unpaired) electrons. The van der Waals surface area contributed by atoms with Gasteiger partial charge in [0.25, 0.3) is 0 Å². The quantitative estimate of drug-likeness (QED) is 0.895. The maximum absolute atomic E-state index is 11.2. The molecule has 2 aromatic rings. The molecular weight excluding hydrogens is 226 g/mol. The van der Waals surface area contributed by atoms with Crippen molar-refractivity contribution in [3.05, 3.63) is 48.0 Å². The van der Waals surface area contributed by atoms with Crippen LogP contribution in [0.1, 0.15) is 24.7 Å². The van der Waals surface area contributed by atoms with E-state index in [-0.39, 0.29) is 5.91 Å². The molecule has 4 heteroatoms. The van der Waals surface area contributed by atoms with Gasteiger partial charge in [0.2, 0.25) is 5.91 Å². The predicted molar refractivity (Wildman–Crippen MR) is 70.4 cm³/mol. The van der Waals surface area contributed by atoms with Crippen LogP contribution in [0.2, 0.25) is 0 Å². The first-order valence-corrected chi connectivity index (χ1v) is 6.06. The van der Waals surface area contributed by atoms with E-state index < -0.39 is 0 Å². The lowest BCUT2D eigenvalue weighted by Crippen LogP contribution is -2.21. The number of imidazole rings is 1. The largest absolute Gasteiger partial charge is 0.352 e. The molecule has 18 heavy (non-hydrogen) atoms. The Kier molecular flexibility index (Phi) is 3.77.